The zero-order valence-corrected chi connectivity index (χ0v) is 11.7. The summed E-state index contributed by atoms with van der Waals surface area (Å²) in [5, 5.41) is 5.75. The lowest BCUT2D eigenvalue weighted by Crippen LogP contribution is -2.42. The van der Waals surface area contributed by atoms with Crippen LogP contribution in [0.15, 0.2) is 0 Å². The summed E-state index contributed by atoms with van der Waals surface area (Å²) in [6.45, 7) is 3.16. The topological polar surface area (TPSA) is 84.2 Å². The number of hydrogen-bond donors (Lipinski definition) is 3. The van der Waals surface area contributed by atoms with Crippen LogP contribution in [-0.2, 0) is 9.59 Å². The van der Waals surface area contributed by atoms with Gasteiger partial charge >= 0.3 is 0 Å². The lowest BCUT2D eigenvalue weighted by atomic mass is 9.79. The zero-order valence-electron chi connectivity index (χ0n) is 11.7. The molecular formula is C14H25N3O2. The summed E-state index contributed by atoms with van der Waals surface area (Å²) in [5.41, 5.74) is 5.95. The average Bonchev–Trinajstić information content (AvgIpc) is 3.21. The van der Waals surface area contributed by atoms with Gasteiger partial charge in [-0.15, -0.1) is 0 Å². The van der Waals surface area contributed by atoms with Gasteiger partial charge in [-0.25, -0.2) is 0 Å². The van der Waals surface area contributed by atoms with Crippen molar-refractivity contribution in [2.75, 3.05) is 13.1 Å². The molecule has 0 aromatic heterocycles. The third-order valence-corrected chi connectivity index (χ3v) is 4.28. The lowest BCUT2D eigenvalue weighted by Gasteiger charge is -2.31. The van der Waals surface area contributed by atoms with E-state index in [1.807, 2.05) is 0 Å². The molecule has 2 rings (SSSR count). The van der Waals surface area contributed by atoms with E-state index in [1.165, 1.54) is 0 Å². The van der Waals surface area contributed by atoms with E-state index >= 15 is 0 Å². The maximum atomic E-state index is 12.0. The molecule has 0 radical (unpaired) electrons. The second-order valence-electron chi connectivity index (χ2n) is 6.01. The lowest BCUT2D eigenvalue weighted by molar-refractivity contribution is -0.127. The number of carbonyl (C=O) groups excluding carboxylic acids is 2. The van der Waals surface area contributed by atoms with Crippen LogP contribution in [0.5, 0.6) is 0 Å². The third kappa shape index (κ3) is 4.20. The minimum Gasteiger partial charge on any atom is -0.354 e. The highest BCUT2D eigenvalue weighted by Gasteiger charge is 2.30. The monoisotopic (exact) mass is 267 g/mol. The number of nitrogens with two attached hydrogens (primary N) is 1. The molecule has 5 heteroatoms. The molecular weight excluding hydrogens is 242 g/mol. The van der Waals surface area contributed by atoms with Crippen LogP contribution in [0.25, 0.3) is 0 Å². The van der Waals surface area contributed by atoms with Gasteiger partial charge < -0.3 is 16.4 Å². The van der Waals surface area contributed by atoms with Crippen LogP contribution in [-0.4, -0.2) is 30.9 Å². The molecule has 19 heavy (non-hydrogen) atoms. The van der Waals surface area contributed by atoms with Crippen LogP contribution < -0.4 is 16.4 Å². The van der Waals surface area contributed by atoms with Crippen LogP contribution in [0.2, 0.25) is 0 Å². The summed E-state index contributed by atoms with van der Waals surface area (Å²) in [6.07, 6.45) is 4.71. The van der Waals surface area contributed by atoms with Gasteiger partial charge in [-0.1, -0.05) is 6.92 Å². The summed E-state index contributed by atoms with van der Waals surface area (Å²) >= 11 is 0. The SMILES string of the molecule is CC1CC(C(=O)NCCNC(=O)C2CC2)CCC1N. The van der Waals surface area contributed by atoms with E-state index in [2.05, 4.69) is 17.6 Å². The molecule has 2 fully saturated rings. The largest absolute Gasteiger partial charge is 0.354 e. The fourth-order valence-corrected chi connectivity index (χ4v) is 2.66. The minimum absolute atomic E-state index is 0.0916. The predicted molar refractivity (Wildman–Crippen MR) is 73.2 cm³/mol. The average molecular weight is 267 g/mol. The first kappa shape index (κ1) is 14.3. The zero-order chi connectivity index (χ0) is 13.8. The van der Waals surface area contributed by atoms with Crippen LogP contribution in [0.1, 0.15) is 39.0 Å². The van der Waals surface area contributed by atoms with Crippen LogP contribution in [0, 0.1) is 17.8 Å². The molecule has 3 unspecified atom stereocenters. The van der Waals surface area contributed by atoms with E-state index < -0.39 is 0 Å². The Balaban J connectivity index is 1.60. The first-order valence-corrected chi connectivity index (χ1v) is 7.39. The molecule has 2 aliphatic carbocycles. The smallest absolute Gasteiger partial charge is 0.223 e. The van der Waals surface area contributed by atoms with Crippen molar-refractivity contribution >= 4 is 11.8 Å². The van der Waals surface area contributed by atoms with Gasteiger partial charge in [0.2, 0.25) is 11.8 Å². The molecule has 0 aromatic carbocycles. The summed E-state index contributed by atoms with van der Waals surface area (Å²) in [7, 11) is 0. The Morgan fingerprint density at radius 2 is 1.53 bits per heavy atom. The molecule has 0 aliphatic heterocycles. The molecule has 108 valence electrons. The van der Waals surface area contributed by atoms with Crippen LogP contribution >= 0.6 is 0 Å². The van der Waals surface area contributed by atoms with E-state index in [-0.39, 0.29) is 29.7 Å². The second-order valence-corrected chi connectivity index (χ2v) is 6.01. The molecule has 2 aliphatic rings. The van der Waals surface area contributed by atoms with E-state index in [1.54, 1.807) is 0 Å². The van der Waals surface area contributed by atoms with Crippen molar-refractivity contribution < 1.29 is 9.59 Å². The fourth-order valence-electron chi connectivity index (χ4n) is 2.66. The molecule has 5 nitrogen and oxygen atoms in total. The van der Waals surface area contributed by atoms with Crippen molar-refractivity contribution in [3.05, 3.63) is 0 Å². The molecule has 0 aromatic rings. The summed E-state index contributed by atoms with van der Waals surface area (Å²) in [6, 6.07) is 0.238. The first-order valence-electron chi connectivity index (χ1n) is 7.39. The standard InChI is InChI=1S/C14H25N3O2/c1-9-8-11(4-5-12(9)15)14(19)17-7-6-16-13(18)10-2-3-10/h9-12H,2-8,15H2,1H3,(H,16,18)(H,17,19). The molecule has 3 atom stereocenters. The molecule has 0 saturated heterocycles. The van der Waals surface area contributed by atoms with Gasteiger partial charge in [0, 0.05) is 31.0 Å². The molecule has 2 saturated carbocycles. The normalized spacial score (nSPS) is 30.7. The van der Waals surface area contributed by atoms with Gasteiger partial charge in [0.15, 0.2) is 0 Å². The van der Waals surface area contributed by atoms with Crippen LogP contribution in [0.3, 0.4) is 0 Å². The summed E-state index contributed by atoms with van der Waals surface area (Å²) in [5.74, 6) is 0.982. The van der Waals surface area contributed by atoms with Gasteiger partial charge in [-0.05, 0) is 38.0 Å². The Hall–Kier alpha value is -1.10. The van der Waals surface area contributed by atoms with E-state index in [0.717, 1.165) is 32.1 Å². The van der Waals surface area contributed by atoms with E-state index in [0.29, 0.717) is 19.0 Å². The Morgan fingerprint density at radius 1 is 1.00 bits per heavy atom. The van der Waals surface area contributed by atoms with Gasteiger partial charge in [0.1, 0.15) is 0 Å². The van der Waals surface area contributed by atoms with Crippen molar-refractivity contribution in [1.82, 2.24) is 10.6 Å². The molecule has 4 N–H and O–H groups in total. The first-order chi connectivity index (χ1) is 9.08. The Morgan fingerprint density at radius 3 is 2.05 bits per heavy atom. The minimum atomic E-state index is 0.0916. The van der Waals surface area contributed by atoms with Crippen molar-refractivity contribution in [3.8, 4) is 0 Å². The third-order valence-electron chi connectivity index (χ3n) is 4.28. The maximum absolute atomic E-state index is 12.0. The Labute approximate surface area is 114 Å². The van der Waals surface area contributed by atoms with Gasteiger partial charge in [-0.3, -0.25) is 9.59 Å². The maximum Gasteiger partial charge on any atom is 0.223 e. The molecule has 0 spiro atoms. The highest BCUT2D eigenvalue weighted by Crippen LogP contribution is 2.29. The number of rotatable bonds is 5. The number of nitrogens with one attached hydrogen (secondary N) is 2. The predicted octanol–water partition coefficient (Wildman–Crippen LogP) is 0.392. The molecule has 0 bridgehead atoms. The van der Waals surface area contributed by atoms with Crippen molar-refractivity contribution in [1.29, 1.82) is 0 Å². The van der Waals surface area contributed by atoms with Crippen molar-refractivity contribution in [3.63, 3.8) is 0 Å². The van der Waals surface area contributed by atoms with Crippen molar-refractivity contribution in [2.45, 2.75) is 45.1 Å². The van der Waals surface area contributed by atoms with Gasteiger partial charge in [0.25, 0.3) is 0 Å². The van der Waals surface area contributed by atoms with Gasteiger partial charge in [0.05, 0.1) is 0 Å². The summed E-state index contributed by atoms with van der Waals surface area (Å²) in [4.78, 5) is 23.4. The Kier molecular flexibility index (Phi) is 4.80. The second kappa shape index (κ2) is 6.37. The van der Waals surface area contributed by atoms with Crippen molar-refractivity contribution in [2.24, 2.45) is 23.5 Å². The van der Waals surface area contributed by atoms with Gasteiger partial charge in [-0.2, -0.15) is 0 Å². The summed E-state index contributed by atoms with van der Waals surface area (Å²) < 4.78 is 0. The highest BCUT2D eigenvalue weighted by atomic mass is 16.2. The van der Waals surface area contributed by atoms with Crippen LogP contribution in [0.4, 0.5) is 0 Å². The van der Waals surface area contributed by atoms with E-state index in [9.17, 15) is 9.59 Å². The van der Waals surface area contributed by atoms with E-state index in [4.69, 9.17) is 5.73 Å². The quantitative estimate of drug-likeness (QED) is 0.630. The number of hydrogen-bond acceptors (Lipinski definition) is 3. The number of carbonyl (C=O) groups is 2. The fraction of sp³-hybridized carbons (Fsp3) is 0.857. The Bertz CT molecular complexity index is 342. The molecule has 2 amide bonds. The highest BCUT2D eigenvalue weighted by molar-refractivity contribution is 5.81. The molecule has 0 heterocycles. The number of amides is 2.